The summed E-state index contributed by atoms with van der Waals surface area (Å²) in [6.45, 7) is 0.0245. The van der Waals surface area contributed by atoms with Crippen LogP contribution in [0.5, 0.6) is 0 Å². The van der Waals surface area contributed by atoms with Crippen LogP contribution in [0.25, 0.3) is 0 Å². The molecule has 0 radical (unpaired) electrons. The molecule has 182 valence electrons. The number of urea groups is 1. The number of nitrogens with zero attached hydrogens (tertiary/aromatic N) is 3. The largest absolute Gasteiger partial charge is 0.481 e. The van der Waals surface area contributed by atoms with E-state index >= 15 is 0 Å². The van der Waals surface area contributed by atoms with E-state index < -0.39 is 29.9 Å². The van der Waals surface area contributed by atoms with Gasteiger partial charge in [0.25, 0.3) is 5.91 Å². The van der Waals surface area contributed by atoms with Crippen molar-refractivity contribution in [3.05, 3.63) is 77.1 Å². The molecule has 11 nitrogen and oxygen atoms in total. The summed E-state index contributed by atoms with van der Waals surface area (Å²) in [4.78, 5) is 57.7. The van der Waals surface area contributed by atoms with E-state index in [1.54, 1.807) is 18.3 Å². The molecule has 2 heterocycles. The van der Waals surface area contributed by atoms with Gasteiger partial charge in [0.05, 0.1) is 19.0 Å². The van der Waals surface area contributed by atoms with Crippen LogP contribution in [-0.4, -0.2) is 57.4 Å². The van der Waals surface area contributed by atoms with Crippen molar-refractivity contribution in [2.45, 2.75) is 19.0 Å². The van der Waals surface area contributed by atoms with Crippen LogP contribution in [0, 0.1) is 0 Å². The molecule has 2 aromatic heterocycles. The van der Waals surface area contributed by atoms with Gasteiger partial charge < -0.3 is 20.6 Å². The third-order valence-electron chi connectivity index (χ3n) is 4.77. The number of carboxylic acid groups (broad SMARTS) is 1. The molecule has 0 saturated heterocycles. The highest BCUT2D eigenvalue weighted by Gasteiger charge is 2.22. The van der Waals surface area contributed by atoms with Crippen LogP contribution in [0.15, 0.2) is 60.2 Å². The number of hydrogen-bond donors (Lipinski definition) is 4. The van der Waals surface area contributed by atoms with Crippen LogP contribution in [0.4, 0.5) is 9.93 Å². The van der Waals surface area contributed by atoms with Crippen molar-refractivity contribution >= 4 is 40.3 Å². The molecule has 0 aliphatic rings. The molecular weight excluding hydrogens is 472 g/mol. The minimum Gasteiger partial charge on any atom is -0.481 e. The molecule has 3 aromatic rings. The SMILES string of the molecule is CN(CC(=O)NC(CC(=O)O)c1cccnc1)C(=O)c1csc(NC(=O)NCc2ccccc2)n1. The lowest BCUT2D eigenvalue weighted by Crippen LogP contribution is -2.40. The van der Waals surface area contributed by atoms with Gasteiger partial charge in [-0.15, -0.1) is 11.3 Å². The number of anilines is 1. The second-order valence-electron chi connectivity index (χ2n) is 7.50. The molecule has 3 rings (SSSR count). The molecular formula is C23H24N6O5S. The van der Waals surface area contributed by atoms with Gasteiger partial charge in [-0.05, 0) is 17.2 Å². The van der Waals surface area contributed by atoms with Gasteiger partial charge in [-0.2, -0.15) is 0 Å². The molecule has 0 fully saturated rings. The predicted octanol–water partition coefficient (Wildman–Crippen LogP) is 2.26. The number of aliphatic carboxylic acids is 1. The number of amides is 4. The molecule has 1 aromatic carbocycles. The highest BCUT2D eigenvalue weighted by molar-refractivity contribution is 7.14. The van der Waals surface area contributed by atoms with E-state index in [4.69, 9.17) is 5.11 Å². The van der Waals surface area contributed by atoms with Crippen molar-refractivity contribution in [2.24, 2.45) is 0 Å². The monoisotopic (exact) mass is 496 g/mol. The lowest BCUT2D eigenvalue weighted by molar-refractivity contribution is -0.137. The number of carboxylic acids is 1. The number of thiazole rings is 1. The number of carbonyl (C=O) groups is 4. The van der Waals surface area contributed by atoms with Crippen molar-refractivity contribution in [1.29, 1.82) is 0 Å². The van der Waals surface area contributed by atoms with Crippen LogP contribution in [0.3, 0.4) is 0 Å². The van der Waals surface area contributed by atoms with Gasteiger partial charge in [-0.3, -0.25) is 24.7 Å². The number of pyridine rings is 1. The third kappa shape index (κ3) is 7.89. The standard InChI is InChI=1S/C23H24N6O5S/c1-29(13-19(30)26-17(10-20(31)32)16-8-5-9-24-12-16)21(33)18-14-35-23(27-18)28-22(34)25-11-15-6-3-2-4-7-15/h2-9,12,14,17H,10-11,13H2,1H3,(H,26,30)(H,31,32)(H2,25,27,28,34). The van der Waals surface area contributed by atoms with Gasteiger partial charge in [0.1, 0.15) is 5.69 Å². The molecule has 35 heavy (non-hydrogen) atoms. The number of hydrogen-bond acceptors (Lipinski definition) is 7. The highest BCUT2D eigenvalue weighted by Crippen LogP contribution is 2.18. The van der Waals surface area contributed by atoms with Crippen LogP contribution < -0.4 is 16.0 Å². The number of nitrogens with one attached hydrogen (secondary N) is 3. The van der Waals surface area contributed by atoms with Gasteiger partial charge in [0.2, 0.25) is 5.91 Å². The summed E-state index contributed by atoms with van der Waals surface area (Å²) in [5, 5.41) is 18.8. The van der Waals surface area contributed by atoms with Crippen molar-refractivity contribution in [1.82, 2.24) is 25.5 Å². The first-order valence-corrected chi connectivity index (χ1v) is 11.4. The van der Waals surface area contributed by atoms with E-state index in [0.29, 0.717) is 12.1 Å². The first-order valence-electron chi connectivity index (χ1n) is 10.5. The predicted molar refractivity (Wildman–Crippen MR) is 129 cm³/mol. The van der Waals surface area contributed by atoms with Crippen LogP contribution in [-0.2, 0) is 16.1 Å². The average Bonchev–Trinajstić information content (AvgIpc) is 3.31. The minimum absolute atomic E-state index is 0.0676. The average molecular weight is 497 g/mol. The van der Waals surface area contributed by atoms with Crippen LogP contribution in [0.1, 0.15) is 34.1 Å². The summed E-state index contributed by atoms with van der Waals surface area (Å²) in [5.41, 5.74) is 1.54. The molecule has 0 aliphatic carbocycles. The number of rotatable bonds is 10. The second-order valence-corrected chi connectivity index (χ2v) is 8.35. The van der Waals surface area contributed by atoms with Gasteiger partial charge in [0.15, 0.2) is 5.13 Å². The summed E-state index contributed by atoms with van der Waals surface area (Å²) in [7, 11) is 1.43. The Morgan fingerprint density at radius 2 is 1.89 bits per heavy atom. The fourth-order valence-electron chi connectivity index (χ4n) is 3.08. The Morgan fingerprint density at radius 1 is 1.11 bits per heavy atom. The van der Waals surface area contributed by atoms with Gasteiger partial charge in [0, 0.05) is 31.4 Å². The molecule has 0 spiro atoms. The summed E-state index contributed by atoms with van der Waals surface area (Å²) in [6, 6.07) is 11.4. The van der Waals surface area contributed by atoms with Gasteiger partial charge >= 0.3 is 12.0 Å². The fourth-order valence-corrected chi connectivity index (χ4v) is 3.76. The number of aromatic nitrogens is 2. The molecule has 12 heteroatoms. The van der Waals surface area contributed by atoms with Crippen molar-refractivity contribution in [3.63, 3.8) is 0 Å². The minimum atomic E-state index is -1.08. The topological polar surface area (TPSA) is 154 Å². The summed E-state index contributed by atoms with van der Waals surface area (Å²) in [6.07, 6.45) is 2.69. The number of carbonyl (C=O) groups excluding carboxylic acids is 3. The summed E-state index contributed by atoms with van der Waals surface area (Å²) in [5.74, 6) is -2.14. The molecule has 1 atom stereocenters. The van der Waals surface area contributed by atoms with E-state index in [0.717, 1.165) is 21.8 Å². The Morgan fingerprint density at radius 3 is 2.57 bits per heavy atom. The van der Waals surface area contributed by atoms with Gasteiger partial charge in [-0.1, -0.05) is 36.4 Å². The second kappa shape index (κ2) is 12.2. The fraction of sp³-hybridized carbons (Fsp3) is 0.217. The Kier molecular flexibility index (Phi) is 8.84. The van der Waals surface area contributed by atoms with E-state index in [2.05, 4.69) is 25.9 Å². The normalized spacial score (nSPS) is 11.2. The lowest BCUT2D eigenvalue weighted by Gasteiger charge is -2.20. The molecule has 1 unspecified atom stereocenters. The van der Waals surface area contributed by atoms with Crippen molar-refractivity contribution in [3.8, 4) is 0 Å². The van der Waals surface area contributed by atoms with E-state index in [9.17, 15) is 19.2 Å². The lowest BCUT2D eigenvalue weighted by atomic mass is 10.1. The number of likely N-dealkylation sites (N-methyl/N-ethyl adjacent to an activating group) is 1. The van der Waals surface area contributed by atoms with Crippen molar-refractivity contribution in [2.75, 3.05) is 18.9 Å². The molecule has 4 amide bonds. The zero-order valence-corrected chi connectivity index (χ0v) is 19.6. The number of benzene rings is 1. The van der Waals surface area contributed by atoms with Crippen molar-refractivity contribution < 1.29 is 24.3 Å². The Hall–Kier alpha value is -4.32. The maximum atomic E-state index is 12.7. The highest BCUT2D eigenvalue weighted by atomic mass is 32.1. The molecule has 0 aliphatic heterocycles. The zero-order chi connectivity index (χ0) is 25.2. The zero-order valence-electron chi connectivity index (χ0n) is 18.8. The quantitative estimate of drug-likeness (QED) is 0.336. The van der Waals surface area contributed by atoms with Crippen LogP contribution in [0.2, 0.25) is 0 Å². The summed E-state index contributed by atoms with van der Waals surface area (Å²) >= 11 is 1.08. The Labute approximate surface area is 205 Å². The maximum Gasteiger partial charge on any atom is 0.321 e. The van der Waals surface area contributed by atoms with E-state index in [1.165, 1.54) is 18.6 Å². The van der Waals surface area contributed by atoms with Gasteiger partial charge in [-0.25, -0.2) is 9.78 Å². The van der Waals surface area contributed by atoms with E-state index in [1.807, 2.05) is 30.3 Å². The molecule has 4 N–H and O–H groups in total. The maximum absolute atomic E-state index is 12.7. The van der Waals surface area contributed by atoms with Crippen LogP contribution >= 0.6 is 11.3 Å². The first-order chi connectivity index (χ1) is 16.8. The molecule has 0 saturated carbocycles. The molecule has 0 bridgehead atoms. The Bertz CT molecular complexity index is 1170. The third-order valence-corrected chi connectivity index (χ3v) is 5.53. The first kappa shape index (κ1) is 25.3. The Balaban J connectivity index is 1.52. The smallest absolute Gasteiger partial charge is 0.321 e. The summed E-state index contributed by atoms with van der Waals surface area (Å²) < 4.78 is 0. The van der Waals surface area contributed by atoms with E-state index in [-0.39, 0.29) is 23.8 Å².